The molecule has 1 aliphatic rings. The second-order valence-electron chi connectivity index (χ2n) is 4.56. The van der Waals surface area contributed by atoms with Gasteiger partial charge in [-0.25, -0.2) is 4.39 Å². The number of nitriles is 1. The number of halogens is 2. The maximum atomic E-state index is 12.9. The number of nitrogens with one attached hydrogen (secondary N) is 1. The van der Waals surface area contributed by atoms with Crippen LogP contribution in [0.5, 0.6) is 0 Å². The average Bonchev–Trinajstić information content (AvgIpc) is 2.32. The van der Waals surface area contributed by atoms with Crippen LogP contribution >= 0.6 is 11.6 Å². The van der Waals surface area contributed by atoms with Gasteiger partial charge in [-0.15, -0.1) is 0 Å². The van der Waals surface area contributed by atoms with Crippen LogP contribution in [0.2, 0.25) is 5.02 Å². The predicted octanol–water partition coefficient (Wildman–Crippen LogP) is 2.15. The molecule has 1 aromatic rings. The van der Waals surface area contributed by atoms with Gasteiger partial charge in [0.2, 0.25) is 0 Å². The van der Waals surface area contributed by atoms with Crippen LogP contribution < -0.4 is 5.32 Å². The van der Waals surface area contributed by atoms with Gasteiger partial charge in [-0.05, 0) is 30.7 Å². The molecule has 0 unspecified atom stereocenters. The standard InChI is InChI=1S/C13H14ClFN2O/c14-11-5-10(1-2-12(11)15)3-4-17-7-13(6-16)8-18-9-13/h1-2,5,17H,3-4,7-9H2. The Hall–Kier alpha value is -1.15. The van der Waals surface area contributed by atoms with Crippen molar-refractivity contribution in [3.05, 3.63) is 34.6 Å². The highest BCUT2D eigenvalue weighted by Gasteiger charge is 2.38. The van der Waals surface area contributed by atoms with Gasteiger partial charge >= 0.3 is 0 Å². The molecule has 1 heterocycles. The lowest BCUT2D eigenvalue weighted by atomic mass is 9.88. The van der Waals surface area contributed by atoms with Crippen LogP contribution in [0.15, 0.2) is 18.2 Å². The lowest BCUT2D eigenvalue weighted by Crippen LogP contribution is -2.48. The van der Waals surface area contributed by atoms with Crippen LogP contribution in [0.3, 0.4) is 0 Å². The monoisotopic (exact) mass is 268 g/mol. The van der Waals surface area contributed by atoms with Crippen molar-refractivity contribution < 1.29 is 9.13 Å². The molecule has 0 aliphatic carbocycles. The number of rotatable bonds is 5. The summed E-state index contributed by atoms with van der Waals surface area (Å²) >= 11 is 5.70. The van der Waals surface area contributed by atoms with Crippen molar-refractivity contribution in [2.75, 3.05) is 26.3 Å². The topological polar surface area (TPSA) is 45.0 Å². The number of benzene rings is 1. The Morgan fingerprint density at radius 3 is 2.83 bits per heavy atom. The Bertz CT molecular complexity index is 469. The van der Waals surface area contributed by atoms with Gasteiger partial charge in [0.15, 0.2) is 0 Å². The van der Waals surface area contributed by atoms with E-state index in [1.54, 1.807) is 12.1 Å². The highest BCUT2D eigenvalue weighted by atomic mass is 35.5. The van der Waals surface area contributed by atoms with Gasteiger partial charge in [-0.2, -0.15) is 5.26 Å². The predicted molar refractivity (Wildman–Crippen MR) is 66.8 cm³/mol. The van der Waals surface area contributed by atoms with E-state index in [1.807, 2.05) is 0 Å². The minimum absolute atomic E-state index is 0.147. The van der Waals surface area contributed by atoms with Crippen LogP contribution in [0.4, 0.5) is 4.39 Å². The van der Waals surface area contributed by atoms with E-state index in [0.717, 1.165) is 18.5 Å². The van der Waals surface area contributed by atoms with E-state index in [4.69, 9.17) is 21.6 Å². The number of hydrogen-bond donors (Lipinski definition) is 1. The van der Waals surface area contributed by atoms with Gasteiger partial charge in [-0.3, -0.25) is 0 Å². The third-order valence-electron chi connectivity index (χ3n) is 3.03. The molecule has 1 fully saturated rings. The van der Waals surface area contributed by atoms with Crippen molar-refractivity contribution in [2.24, 2.45) is 5.41 Å². The maximum absolute atomic E-state index is 12.9. The zero-order valence-corrected chi connectivity index (χ0v) is 10.6. The molecule has 0 saturated carbocycles. The Balaban J connectivity index is 1.75. The Labute approximate surface area is 111 Å². The molecule has 0 atom stereocenters. The van der Waals surface area contributed by atoms with Crippen molar-refractivity contribution in [3.63, 3.8) is 0 Å². The Kier molecular flexibility index (Phi) is 4.18. The van der Waals surface area contributed by atoms with E-state index in [-0.39, 0.29) is 10.4 Å². The largest absolute Gasteiger partial charge is 0.378 e. The van der Waals surface area contributed by atoms with E-state index in [9.17, 15) is 4.39 Å². The molecular weight excluding hydrogens is 255 g/mol. The second-order valence-corrected chi connectivity index (χ2v) is 4.97. The lowest BCUT2D eigenvalue weighted by molar-refractivity contribution is -0.0752. The van der Waals surface area contributed by atoms with Crippen LogP contribution in [0, 0.1) is 22.6 Å². The van der Waals surface area contributed by atoms with E-state index in [2.05, 4.69) is 11.4 Å². The maximum Gasteiger partial charge on any atom is 0.141 e. The molecule has 18 heavy (non-hydrogen) atoms. The third kappa shape index (κ3) is 2.99. The molecule has 1 saturated heterocycles. The van der Waals surface area contributed by atoms with Crippen LogP contribution in [-0.4, -0.2) is 26.3 Å². The summed E-state index contributed by atoms with van der Waals surface area (Å²) in [6.07, 6.45) is 0.752. The van der Waals surface area contributed by atoms with Gasteiger partial charge < -0.3 is 10.1 Å². The van der Waals surface area contributed by atoms with Gasteiger partial charge in [-0.1, -0.05) is 17.7 Å². The van der Waals surface area contributed by atoms with Crippen molar-refractivity contribution >= 4 is 11.6 Å². The highest BCUT2D eigenvalue weighted by molar-refractivity contribution is 6.30. The minimum Gasteiger partial charge on any atom is -0.378 e. The molecule has 1 aromatic carbocycles. The SMILES string of the molecule is N#CC1(CNCCc2ccc(F)c(Cl)c2)COC1. The van der Waals surface area contributed by atoms with Crippen LogP contribution in [0.1, 0.15) is 5.56 Å². The first-order valence-electron chi connectivity index (χ1n) is 5.79. The van der Waals surface area contributed by atoms with Gasteiger partial charge in [0, 0.05) is 6.54 Å². The van der Waals surface area contributed by atoms with Crippen molar-refractivity contribution in [1.82, 2.24) is 5.32 Å². The molecule has 5 heteroatoms. The normalized spacial score (nSPS) is 16.9. The average molecular weight is 269 g/mol. The third-order valence-corrected chi connectivity index (χ3v) is 3.32. The molecule has 0 amide bonds. The summed E-state index contributed by atoms with van der Waals surface area (Å²) in [4.78, 5) is 0. The molecule has 0 radical (unpaired) electrons. The molecule has 3 nitrogen and oxygen atoms in total. The summed E-state index contributed by atoms with van der Waals surface area (Å²) < 4.78 is 18.0. The molecule has 0 spiro atoms. The molecule has 96 valence electrons. The quantitative estimate of drug-likeness (QED) is 0.833. The van der Waals surface area contributed by atoms with E-state index in [0.29, 0.717) is 19.8 Å². The first-order valence-corrected chi connectivity index (χ1v) is 6.17. The fourth-order valence-corrected chi connectivity index (χ4v) is 2.01. The first kappa shape index (κ1) is 13.3. The van der Waals surface area contributed by atoms with Gasteiger partial charge in [0.05, 0.1) is 24.3 Å². The molecule has 1 aliphatic heterocycles. The fraction of sp³-hybridized carbons (Fsp3) is 0.462. The number of ether oxygens (including phenoxy) is 1. The fourth-order valence-electron chi connectivity index (χ4n) is 1.81. The number of hydrogen-bond acceptors (Lipinski definition) is 3. The summed E-state index contributed by atoms with van der Waals surface area (Å²) in [5, 5.41) is 12.4. The van der Waals surface area contributed by atoms with Crippen molar-refractivity contribution in [1.29, 1.82) is 5.26 Å². The van der Waals surface area contributed by atoms with Gasteiger partial charge in [0.1, 0.15) is 11.2 Å². The Morgan fingerprint density at radius 1 is 1.50 bits per heavy atom. The van der Waals surface area contributed by atoms with Crippen molar-refractivity contribution in [3.8, 4) is 6.07 Å². The first-order chi connectivity index (χ1) is 8.65. The van der Waals surface area contributed by atoms with E-state index < -0.39 is 5.82 Å². The molecule has 0 aromatic heterocycles. The summed E-state index contributed by atoms with van der Waals surface area (Å²) in [6.45, 7) is 2.35. The second kappa shape index (κ2) is 5.66. The summed E-state index contributed by atoms with van der Waals surface area (Å²) in [6, 6.07) is 6.99. The molecular formula is C13H14ClFN2O. The molecule has 0 bridgehead atoms. The van der Waals surface area contributed by atoms with Gasteiger partial charge in [0.25, 0.3) is 0 Å². The summed E-state index contributed by atoms with van der Waals surface area (Å²) in [5.41, 5.74) is 0.616. The van der Waals surface area contributed by atoms with E-state index in [1.165, 1.54) is 6.07 Å². The zero-order valence-electron chi connectivity index (χ0n) is 9.88. The zero-order chi connectivity index (χ0) is 13.0. The molecule has 1 N–H and O–H groups in total. The van der Waals surface area contributed by atoms with Crippen LogP contribution in [0.25, 0.3) is 0 Å². The smallest absolute Gasteiger partial charge is 0.141 e. The van der Waals surface area contributed by atoms with Crippen molar-refractivity contribution in [2.45, 2.75) is 6.42 Å². The lowest BCUT2D eigenvalue weighted by Gasteiger charge is -2.35. The van der Waals surface area contributed by atoms with Crippen LogP contribution in [-0.2, 0) is 11.2 Å². The summed E-state index contributed by atoms with van der Waals surface area (Å²) in [5.74, 6) is -0.400. The van der Waals surface area contributed by atoms with E-state index >= 15 is 0 Å². The Morgan fingerprint density at radius 2 is 2.28 bits per heavy atom. The number of nitrogens with zero attached hydrogens (tertiary/aromatic N) is 1. The minimum atomic E-state index is -0.400. The molecule has 2 rings (SSSR count). The summed E-state index contributed by atoms with van der Waals surface area (Å²) in [7, 11) is 0. The highest BCUT2D eigenvalue weighted by Crippen LogP contribution is 2.25.